The second kappa shape index (κ2) is 7.73. The van der Waals surface area contributed by atoms with E-state index in [1.807, 2.05) is 24.3 Å². The predicted octanol–water partition coefficient (Wildman–Crippen LogP) is 4.69. The molecule has 0 saturated carbocycles. The van der Waals surface area contributed by atoms with Gasteiger partial charge in [0, 0.05) is 16.6 Å². The van der Waals surface area contributed by atoms with Crippen molar-refractivity contribution in [1.82, 2.24) is 15.1 Å². The normalized spacial score (nSPS) is 11.2. The molecular weight excluding hydrogens is 366 g/mol. The Labute approximate surface area is 150 Å². The van der Waals surface area contributed by atoms with Gasteiger partial charge >= 0.3 is 0 Å². The molecule has 0 aliphatic heterocycles. The van der Waals surface area contributed by atoms with Gasteiger partial charge in [-0.25, -0.2) is 0 Å². The van der Waals surface area contributed by atoms with Crippen LogP contribution in [0.2, 0.25) is 0 Å². The molecule has 5 heteroatoms. The van der Waals surface area contributed by atoms with Gasteiger partial charge in [0.25, 0.3) is 0 Å². The smallest absolute Gasteiger partial charge is 0.247 e. The van der Waals surface area contributed by atoms with Crippen LogP contribution in [0.15, 0.2) is 57.4 Å². The first-order valence-electron chi connectivity index (χ1n) is 7.98. The fourth-order valence-corrected chi connectivity index (χ4v) is 2.77. The quantitative estimate of drug-likeness (QED) is 0.616. The molecule has 0 unspecified atom stereocenters. The van der Waals surface area contributed by atoms with E-state index in [0.29, 0.717) is 18.3 Å². The highest BCUT2D eigenvalue weighted by Crippen LogP contribution is 2.21. The highest BCUT2D eigenvalue weighted by atomic mass is 79.9. The average Bonchev–Trinajstić information content (AvgIpc) is 3.04. The number of benzene rings is 2. The molecule has 1 heterocycles. The Morgan fingerprint density at radius 1 is 0.917 bits per heavy atom. The molecule has 3 rings (SSSR count). The first-order valence-corrected chi connectivity index (χ1v) is 8.78. The number of nitrogens with zero attached hydrogens (tertiary/aromatic N) is 3. The molecule has 3 aromatic rings. The molecule has 0 bridgehead atoms. The molecule has 0 aliphatic rings. The average molecular weight is 386 g/mol. The van der Waals surface area contributed by atoms with Crippen LogP contribution in [0, 0.1) is 0 Å². The van der Waals surface area contributed by atoms with Crippen molar-refractivity contribution in [3.8, 4) is 11.5 Å². The van der Waals surface area contributed by atoms with E-state index in [4.69, 9.17) is 4.42 Å². The third-order valence-electron chi connectivity index (χ3n) is 3.85. The molecule has 124 valence electrons. The number of aromatic nitrogens is 2. The van der Waals surface area contributed by atoms with E-state index < -0.39 is 0 Å². The lowest BCUT2D eigenvalue weighted by Crippen LogP contribution is -2.17. The van der Waals surface area contributed by atoms with Gasteiger partial charge in [0.1, 0.15) is 0 Å². The Kier molecular flexibility index (Phi) is 5.43. The molecule has 0 spiro atoms. The van der Waals surface area contributed by atoms with Crippen LogP contribution >= 0.6 is 15.9 Å². The monoisotopic (exact) mass is 385 g/mol. The summed E-state index contributed by atoms with van der Waals surface area (Å²) < 4.78 is 6.80. The SMILES string of the molecule is CCc1ccc(CN(C)Cc2nnc(-c3ccc(Br)cc3)o2)cc1. The lowest BCUT2D eigenvalue weighted by atomic mass is 10.1. The van der Waals surface area contributed by atoms with Gasteiger partial charge in [-0.05, 0) is 48.9 Å². The second-order valence-electron chi connectivity index (χ2n) is 5.85. The van der Waals surface area contributed by atoms with E-state index in [-0.39, 0.29) is 0 Å². The first kappa shape index (κ1) is 16.9. The van der Waals surface area contributed by atoms with Crippen molar-refractivity contribution in [1.29, 1.82) is 0 Å². The lowest BCUT2D eigenvalue weighted by molar-refractivity contribution is 0.283. The number of halogens is 1. The number of rotatable bonds is 6. The van der Waals surface area contributed by atoms with Crippen LogP contribution in [0.5, 0.6) is 0 Å². The van der Waals surface area contributed by atoms with Crippen LogP contribution in [0.1, 0.15) is 23.9 Å². The van der Waals surface area contributed by atoms with Gasteiger partial charge in [0.2, 0.25) is 11.8 Å². The molecule has 0 amide bonds. The summed E-state index contributed by atoms with van der Waals surface area (Å²) in [6, 6.07) is 16.6. The van der Waals surface area contributed by atoms with Gasteiger partial charge in [0.05, 0.1) is 6.54 Å². The lowest BCUT2D eigenvalue weighted by Gasteiger charge is -2.14. The van der Waals surface area contributed by atoms with Gasteiger partial charge in [-0.15, -0.1) is 10.2 Å². The van der Waals surface area contributed by atoms with Crippen molar-refractivity contribution in [2.75, 3.05) is 7.05 Å². The van der Waals surface area contributed by atoms with Gasteiger partial charge in [-0.2, -0.15) is 0 Å². The van der Waals surface area contributed by atoms with Crippen LogP contribution in [-0.2, 0) is 19.5 Å². The van der Waals surface area contributed by atoms with E-state index in [2.05, 4.69) is 69.3 Å². The summed E-state index contributed by atoms with van der Waals surface area (Å²) in [7, 11) is 2.05. The minimum Gasteiger partial charge on any atom is -0.419 e. The Bertz CT molecular complexity index is 781. The molecule has 0 atom stereocenters. The number of hydrogen-bond acceptors (Lipinski definition) is 4. The minimum atomic E-state index is 0.554. The molecule has 0 N–H and O–H groups in total. The van der Waals surface area contributed by atoms with Crippen LogP contribution in [0.4, 0.5) is 0 Å². The van der Waals surface area contributed by atoms with Crippen molar-refractivity contribution < 1.29 is 4.42 Å². The standard InChI is InChI=1S/C19H20BrN3O/c1-3-14-4-6-15(7-5-14)12-23(2)13-18-21-22-19(24-18)16-8-10-17(20)11-9-16/h4-11H,3,12-13H2,1-2H3. The minimum absolute atomic E-state index is 0.554. The highest BCUT2D eigenvalue weighted by Gasteiger charge is 2.11. The van der Waals surface area contributed by atoms with Gasteiger partial charge < -0.3 is 4.42 Å². The molecule has 24 heavy (non-hydrogen) atoms. The van der Waals surface area contributed by atoms with Gasteiger partial charge in [0.15, 0.2) is 0 Å². The predicted molar refractivity (Wildman–Crippen MR) is 98.4 cm³/mol. The second-order valence-corrected chi connectivity index (χ2v) is 6.77. The van der Waals surface area contributed by atoms with Crippen molar-refractivity contribution in [2.45, 2.75) is 26.4 Å². The zero-order valence-corrected chi connectivity index (χ0v) is 15.5. The van der Waals surface area contributed by atoms with E-state index in [0.717, 1.165) is 23.0 Å². The molecule has 0 saturated heterocycles. The van der Waals surface area contributed by atoms with E-state index in [1.54, 1.807) is 0 Å². The zero-order valence-electron chi connectivity index (χ0n) is 13.9. The Morgan fingerprint density at radius 2 is 1.58 bits per heavy atom. The first-order chi connectivity index (χ1) is 11.6. The van der Waals surface area contributed by atoms with Crippen molar-refractivity contribution in [3.05, 3.63) is 70.0 Å². The maximum Gasteiger partial charge on any atom is 0.247 e. The summed E-state index contributed by atoms with van der Waals surface area (Å²) in [5.74, 6) is 1.18. The van der Waals surface area contributed by atoms with Crippen LogP contribution in [0.25, 0.3) is 11.5 Å². The number of hydrogen-bond donors (Lipinski definition) is 0. The molecule has 0 fully saturated rings. The summed E-state index contributed by atoms with van der Waals surface area (Å²) >= 11 is 3.42. The maximum atomic E-state index is 5.78. The van der Waals surface area contributed by atoms with Crippen molar-refractivity contribution in [2.24, 2.45) is 0 Å². The third kappa shape index (κ3) is 4.30. The molecule has 0 radical (unpaired) electrons. The summed E-state index contributed by atoms with van der Waals surface area (Å²) in [5.41, 5.74) is 3.56. The molecular formula is C19H20BrN3O. The fraction of sp³-hybridized carbons (Fsp3) is 0.263. The molecule has 2 aromatic carbocycles. The third-order valence-corrected chi connectivity index (χ3v) is 4.38. The van der Waals surface area contributed by atoms with E-state index in [9.17, 15) is 0 Å². The van der Waals surface area contributed by atoms with E-state index >= 15 is 0 Å². The van der Waals surface area contributed by atoms with E-state index in [1.165, 1.54) is 11.1 Å². The Hall–Kier alpha value is -1.98. The number of aryl methyl sites for hydroxylation is 1. The summed E-state index contributed by atoms with van der Waals surface area (Å²) in [4.78, 5) is 2.17. The van der Waals surface area contributed by atoms with Crippen LogP contribution in [-0.4, -0.2) is 22.1 Å². The van der Waals surface area contributed by atoms with Crippen LogP contribution < -0.4 is 0 Å². The van der Waals surface area contributed by atoms with Crippen LogP contribution in [0.3, 0.4) is 0 Å². The van der Waals surface area contributed by atoms with Gasteiger partial charge in [-0.3, -0.25) is 4.90 Å². The fourth-order valence-electron chi connectivity index (χ4n) is 2.51. The topological polar surface area (TPSA) is 42.2 Å². The Balaban J connectivity index is 1.62. The summed E-state index contributed by atoms with van der Waals surface area (Å²) in [6.45, 7) is 3.64. The zero-order chi connectivity index (χ0) is 16.9. The molecule has 4 nitrogen and oxygen atoms in total. The highest BCUT2D eigenvalue weighted by molar-refractivity contribution is 9.10. The maximum absolute atomic E-state index is 5.78. The molecule has 1 aromatic heterocycles. The largest absolute Gasteiger partial charge is 0.419 e. The van der Waals surface area contributed by atoms with Crippen molar-refractivity contribution in [3.63, 3.8) is 0 Å². The molecule has 0 aliphatic carbocycles. The summed E-state index contributed by atoms with van der Waals surface area (Å²) in [5, 5.41) is 8.29. The van der Waals surface area contributed by atoms with Crippen molar-refractivity contribution >= 4 is 15.9 Å². The Morgan fingerprint density at radius 3 is 2.25 bits per heavy atom. The van der Waals surface area contributed by atoms with Gasteiger partial charge in [-0.1, -0.05) is 47.1 Å². The summed E-state index contributed by atoms with van der Waals surface area (Å²) in [6.07, 6.45) is 1.07.